The highest BCUT2D eigenvalue weighted by atomic mass is 35.5. The SMILES string of the molecule is Cc1occc1C(=O)N(CCO)Cc1cccc(Cl)c1. The Morgan fingerprint density at radius 3 is 2.80 bits per heavy atom. The molecule has 0 unspecified atom stereocenters. The Balaban J connectivity index is 2.19. The molecule has 0 bridgehead atoms. The van der Waals surface area contributed by atoms with Crippen molar-refractivity contribution in [2.45, 2.75) is 13.5 Å². The number of benzene rings is 1. The maximum absolute atomic E-state index is 12.4. The molecule has 0 fully saturated rings. The van der Waals surface area contributed by atoms with Crippen molar-refractivity contribution in [2.24, 2.45) is 0 Å². The molecule has 1 heterocycles. The molecule has 0 saturated carbocycles. The highest BCUT2D eigenvalue weighted by Crippen LogP contribution is 2.16. The quantitative estimate of drug-likeness (QED) is 0.922. The molecule has 20 heavy (non-hydrogen) atoms. The second-order valence-corrected chi connectivity index (χ2v) is 4.91. The van der Waals surface area contributed by atoms with E-state index in [1.807, 2.05) is 12.1 Å². The number of aliphatic hydroxyl groups is 1. The predicted molar refractivity (Wildman–Crippen MR) is 76.7 cm³/mol. The normalized spacial score (nSPS) is 10.6. The number of halogens is 1. The van der Waals surface area contributed by atoms with Crippen molar-refractivity contribution in [1.82, 2.24) is 4.90 Å². The van der Waals surface area contributed by atoms with Gasteiger partial charge < -0.3 is 14.4 Å². The smallest absolute Gasteiger partial charge is 0.257 e. The van der Waals surface area contributed by atoms with Gasteiger partial charge in [-0.1, -0.05) is 23.7 Å². The fourth-order valence-corrected chi connectivity index (χ4v) is 2.22. The van der Waals surface area contributed by atoms with E-state index in [1.54, 1.807) is 30.0 Å². The van der Waals surface area contributed by atoms with E-state index in [2.05, 4.69) is 0 Å². The highest BCUT2D eigenvalue weighted by Gasteiger charge is 2.19. The van der Waals surface area contributed by atoms with E-state index in [1.165, 1.54) is 6.26 Å². The van der Waals surface area contributed by atoms with Crippen LogP contribution in [-0.4, -0.2) is 29.1 Å². The number of aryl methyl sites for hydroxylation is 1. The molecule has 0 aliphatic heterocycles. The summed E-state index contributed by atoms with van der Waals surface area (Å²) in [6.07, 6.45) is 1.49. The van der Waals surface area contributed by atoms with Gasteiger partial charge in [-0.3, -0.25) is 4.79 Å². The van der Waals surface area contributed by atoms with Crippen molar-refractivity contribution in [2.75, 3.05) is 13.2 Å². The first kappa shape index (κ1) is 14.6. The van der Waals surface area contributed by atoms with E-state index in [4.69, 9.17) is 21.1 Å². The van der Waals surface area contributed by atoms with E-state index in [0.29, 0.717) is 22.9 Å². The van der Waals surface area contributed by atoms with Crippen LogP contribution in [0.4, 0.5) is 0 Å². The van der Waals surface area contributed by atoms with Gasteiger partial charge in [0.25, 0.3) is 5.91 Å². The molecule has 1 amide bonds. The van der Waals surface area contributed by atoms with Gasteiger partial charge in [-0.05, 0) is 30.7 Å². The van der Waals surface area contributed by atoms with Crippen LogP contribution in [0.3, 0.4) is 0 Å². The van der Waals surface area contributed by atoms with E-state index in [0.717, 1.165) is 5.56 Å². The summed E-state index contributed by atoms with van der Waals surface area (Å²) in [7, 11) is 0. The van der Waals surface area contributed by atoms with Gasteiger partial charge in [0, 0.05) is 18.1 Å². The summed E-state index contributed by atoms with van der Waals surface area (Å²) >= 11 is 5.94. The highest BCUT2D eigenvalue weighted by molar-refractivity contribution is 6.30. The number of rotatable bonds is 5. The molecule has 1 aromatic heterocycles. The molecule has 4 nitrogen and oxygen atoms in total. The predicted octanol–water partition coefficient (Wildman–Crippen LogP) is 2.88. The molecule has 0 radical (unpaired) electrons. The minimum Gasteiger partial charge on any atom is -0.469 e. The summed E-state index contributed by atoms with van der Waals surface area (Å²) in [4.78, 5) is 14.0. The van der Waals surface area contributed by atoms with E-state index in [-0.39, 0.29) is 19.1 Å². The number of hydrogen-bond acceptors (Lipinski definition) is 3. The van der Waals surface area contributed by atoms with Crippen LogP contribution in [0.15, 0.2) is 41.0 Å². The lowest BCUT2D eigenvalue weighted by Crippen LogP contribution is -2.33. The Hall–Kier alpha value is -1.78. The maximum atomic E-state index is 12.4. The van der Waals surface area contributed by atoms with Gasteiger partial charge in [0.05, 0.1) is 18.4 Å². The summed E-state index contributed by atoms with van der Waals surface area (Å²) in [6.45, 7) is 2.30. The van der Waals surface area contributed by atoms with Crippen molar-refractivity contribution < 1.29 is 14.3 Å². The average Bonchev–Trinajstić information content (AvgIpc) is 2.84. The number of nitrogens with zero attached hydrogens (tertiary/aromatic N) is 1. The van der Waals surface area contributed by atoms with Crippen LogP contribution in [0.1, 0.15) is 21.7 Å². The fourth-order valence-electron chi connectivity index (χ4n) is 2.01. The van der Waals surface area contributed by atoms with Crippen molar-refractivity contribution in [3.05, 3.63) is 58.5 Å². The Bertz CT molecular complexity index is 594. The number of amides is 1. The molecular weight excluding hydrogens is 278 g/mol. The van der Waals surface area contributed by atoms with Crippen LogP contribution in [-0.2, 0) is 6.54 Å². The third kappa shape index (κ3) is 3.40. The van der Waals surface area contributed by atoms with Crippen LogP contribution in [0.25, 0.3) is 0 Å². The Morgan fingerprint density at radius 2 is 2.20 bits per heavy atom. The van der Waals surface area contributed by atoms with Gasteiger partial charge in [0.1, 0.15) is 5.76 Å². The first-order valence-corrected chi connectivity index (χ1v) is 6.68. The standard InChI is InChI=1S/C15H16ClNO3/c1-11-14(5-8-20-11)15(19)17(6-7-18)10-12-3-2-4-13(16)9-12/h2-5,8-9,18H,6-7,10H2,1H3. The lowest BCUT2D eigenvalue weighted by Gasteiger charge is -2.21. The molecule has 0 aliphatic carbocycles. The molecule has 0 aliphatic rings. The number of carbonyl (C=O) groups excluding carboxylic acids is 1. The molecular formula is C15H16ClNO3. The lowest BCUT2D eigenvalue weighted by molar-refractivity contribution is 0.0706. The molecule has 2 rings (SSSR count). The van der Waals surface area contributed by atoms with E-state index < -0.39 is 0 Å². The summed E-state index contributed by atoms with van der Waals surface area (Å²) in [5, 5.41) is 9.77. The van der Waals surface area contributed by atoms with Gasteiger partial charge in [-0.15, -0.1) is 0 Å². The molecule has 1 N–H and O–H groups in total. The summed E-state index contributed by atoms with van der Waals surface area (Å²) in [5.41, 5.74) is 1.43. The fraction of sp³-hybridized carbons (Fsp3) is 0.267. The Labute approximate surface area is 122 Å². The van der Waals surface area contributed by atoms with Crippen molar-refractivity contribution in [1.29, 1.82) is 0 Å². The minimum absolute atomic E-state index is 0.0940. The second kappa shape index (κ2) is 6.59. The van der Waals surface area contributed by atoms with E-state index >= 15 is 0 Å². The Morgan fingerprint density at radius 1 is 1.40 bits per heavy atom. The summed E-state index contributed by atoms with van der Waals surface area (Å²) < 4.78 is 5.15. The summed E-state index contributed by atoms with van der Waals surface area (Å²) in [6, 6.07) is 8.96. The summed E-state index contributed by atoms with van der Waals surface area (Å²) in [5.74, 6) is 0.411. The lowest BCUT2D eigenvalue weighted by atomic mass is 10.1. The monoisotopic (exact) mass is 293 g/mol. The van der Waals surface area contributed by atoms with Crippen LogP contribution in [0, 0.1) is 6.92 Å². The molecule has 1 aromatic carbocycles. The van der Waals surface area contributed by atoms with Crippen molar-refractivity contribution in [3.8, 4) is 0 Å². The van der Waals surface area contributed by atoms with Crippen molar-refractivity contribution >= 4 is 17.5 Å². The molecule has 0 atom stereocenters. The number of aliphatic hydroxyl groups excluding tert-OH is 1. The largest absolute Gasteiger partial charge is 0.469 e. The first-order chi connectivity index (χ1) is 9.61. The zero-order valence-corrected chi connectivity index (χ0v) is 11.9. The zero-order chi connectivity index (χ0) is 14.5. The topological polar surface area (TPSA) is 53.7 Å². The Kier molecular flexibility index (Phi) is 4.82. The van der Waals surface area contributed by atoms with Gasteiger partial charge in [0.2, 0.25) is 0 Å². The molecule has 0 saturated heterocycles. The third-order valence-corrected chi connectivity index (χ3v) is 3.24. The van der Waals surface area contributed by atoms with Gasteiger partial charge >= 0.3 is 0 Å². The first-order valence-electron chi connectivity index (χ1n) is 6.30. The third-order valence-electron chi connectivity index (χ3n) is 3.01. The van der Waals surface area contributed by atoms with Gasteiger partial charge in [-0.2, -0.15) is 0 Å². The van der Waals surface area contributed by atoms with Crippen LogP contribution in [0.5, 0.6) is 0 Å². The van der Waals surface area contributed by atoms with Crippen LogP contribution < -0.4 is 0 Å². The maximum Gasteiger partial charge on any atom is 0.257 e. The molecule has 5 heteroatoms. The van der Waals surface area contributed by atoms with Gasteiger partial charge in [-0.25, -0.2) is 0 Å². The molecule has 2 aromatic rings. The zero-order valence-electron chi connectivity index (χ0n) is 11.2. The minimum atomic E-state index is -0.162. The number of furan rings is 1. The number of carbonyl (C=O) groups is 1. The second-order valence-electron chi connectivity index (χ2n) is 4.47. The van der Waals surface area contributed by atoms with Crippen molar-refractivity contribution in [3.63, 3.8) is 0 Å². The average molecular weight is 294 g/mol. The molecule has 106 valence electrons. The van der Waals surface area contributed by atoms with Crippen LogP contribution >= 0.6 is 11.6 Å². The van der Waals surface area contributed by atoms with Crippen LogP contribution in [0.2, 0.25) is 5.02 Å². The van der Waals surface area contributed by atoms with Gasteiger partial charge in [0.15, 0.2) is 0 Å². The molecule has 0 spiro atoms. The number of hydrogen-bond donors (Lipinski definition) is 1. The van der Waals surface area contributed by atoms with E-state index in [9.17, 15) is 4.79 Å².